The molecule has 1 atom stereocenters. The number of hydrogen-bond acceptors (Lipinski definition) is 4. The SMILES string of the molecule is O=c1c([N+](=O)[O-])cc(Br)cn1CC1CCOC1. The third-order valence-corrected chi connectivity index (χ3v) is 3.14. The average molecular weight is 303 g/mol. The van der Waals surface area contributed by atoms with Gasteiger partial charge in [0, 0.05) is 35.8 Å². The van der Waals surface area contributed by atoms with Crippen LogP contribution < -0.4 is 5.56 Å². The van der Waals surface area contributed by atoms with Gasteiger partial charge >= 0.3 is 11.2 Å². The van der Waals surface area contributed by atoms with Gasteiger partial charge in [0.15, 0.2) is 0 Å². The van der Waals surface area contributed by atoms with Crippen molar-refractivity contribution in [1.29, 1.82) is 0 Å². The monoisotopic (exact) mass is 302 g/mol. The maximum Gasteiger partial charge on any atom is 0.335 e. The molecule has 1 aromatic heterocycles. The summed E-state index contributed by atoms with van der Waals surface area (Å²) >= 11 is 3.17. The first-order valence-corrected chi connectivity index (χ1v) is 5.99. The van der Waals surface area contributed by atoms with E-state index in [2.05, 4.69) is 15.9 Å². The van der Waals surface area contributed by atoms with Crippen molar-refractivity contribution in [3.8, 4) is 0 Å². The summed E-state index contributed by atoms with van der Waals surface area (Å²) in [5.74, 6) is 0.251. The summed E-state index contributed by atoms with van der Waals surface area (Å²) in [6, 6.07) is 1.23. The van der Waals surface area contributed by atoms with E-state index < -0.39 is 16.2 Å². The molecule has 0 bridgehead atoms. The van der Waals surface area contributed by atoms with Crippen LogP contribution in [-0.2, 0) is 11.3 Å². The van der Waals surface area contributed by atoms with Crippen LogP contribution in [0.2, 0.25) is 0 Å². The first-order valence-electron chi connectivity index (χ1n) is 5.20. The van der Waals surface area contributed by atoms with Crippen molar-refractivity contribution >= 4 is 21.6 Å². The van der Waals surface area contributed by atoms with Gasteiger partial charge in [0.05, 0.1) is 11.5 Å². The van der Waals surface area contributed by atoms with Crippen LogP contribution in [0.4, 0.5) is 5.69 Å². The molecule has 1 aromatic rings. The molecule has 0 radical (unpaired) electrons. The van der Waals surface area contributed by atoms with Crippen LogP contribution in [0.5, 0.6) is 0 Å². The van der Waals surface area contributed by atoms with Crippen molar-refractivity contribution in [2.45, 2.75) is 13.0 Å². The molecular formula is C10H11BrN2O4. The Morgan fingerprint density at radius 3 is 3.00 bits per heavy atom. The lowest BCUT2D eigenvalue weighted by Gasteiger charge is -2.10. The Morgan fingerprint density at radius 1 is 1.65 bits per heavy atom. The molecule has 92 valence electrons. The Balaban J connectivity index is 2.32. The topological polar surface area (TPSA) is 74.4 Å². The fraction of sp³-hybridized carbons (Fsp3) is 0.500. The number of hydrogen-bond donors (Lipinski definition) is 0. The zero-order valence-corrected chi connectivity index (χ0v) is 10.6. The minimum absolute atomic E-state index is 0.251. The van der Waals surface area contributed by atoms with Gasteiger partial charge in [-0.1, -0.05) is 0 Å². The fourth-order valence-electron chi connectivity index (χ4n) is 1.86. The van der Waals surface area contributed by atoms with E-state index in [1.54, 1.807) is 6.20 Å². The summed E-state index contributed by atoms with van der Waals surface area (Å²) < 4.78 is 7.12. The number of nitro groups is 1. The zero-order valence-electron chi connectivity index (χ0n) is 8.97. The minimum Gasteiger partial charge on any atom is -0.381 e. The predicted octanol–water partition coefficient (Wildman–Crippen LogP) is 1.56. The number of halogens is 1. The van der Waals surface area contributed by atoms with Crippen molar-refractivity contribution in [1.82, 2.24) is 4.57 Å². The van der Waals surface area contributed by atoms with Gasteiger partial charge in [0.1, 0.15) is 0 Å². The molecule has 0 aliphatic carbocycles. The molecule has 1 fully saturated rings. The first-order chi connectivity index (χ1) is 8.08. The number of rotatable bonds is 3. The molecule has 0 aromatic carbocycles. The van der Waals surface area contributed by atoms with Gasteiger partial charge in [-0.05, 0) is 22.4 Å². The van der Waals surface area contributed by atoms with E-state index >= 15 is 0 Å². The number of pyridine rings is 1. The van der Waals surface area contributed by atoms with Gasteiger partial charge < -0.3 is 9.30 Å². The number of ether oxygens (including phenoxy) is 1. The molecule has 1 unspecified atom stereocenters. The largest absolute Gasteiger partial charge is 0.381 e. The molecule has 1 aliphatic heterocycles. The van der Waals surface area contributed by atoms with Crippen molar-refractivity contribution in [3.05, 3.63) is 37.2 Å². The van der Waals surface area contributed by atoms with Crippen LogP contribution in [0.1, 0.15) is 6.42 Å². The van der Waals surface area contributed by atoms with E-state index in [4.69, 9.17) is 4.74 Å². The van der Waals surface area contributed by atoms with E-state index in [1.807, 2.05) is 0 Å². The van der Waals surface area contributed by atoms with Crippen molar-refractivity contribution in [3.63, 3.8) is 0 Å². The van der Waals surface area contributed by atoms with Crippen LogP contribution in [0, 0.1) is 16.0 Å². The highest BCUT2D eigenvalue weighted by Crippen LogP contribution is 2.17. The lowest BCUT2D eigenvalue weighted by Crippen LogP contribution is -2.25. The quantitative estimate of drug-likeness (QED) is 0.627. The third kappa shape index (κ3) is 2.73. The summed E-state index contributed by atoms with van der Waals surface area (Å²) in [5, 5.41) is 10.7. The van der Waals surface area contributed by atoms with Gasteiger partial charge in [-0.2, -0.15) is 0 Å². The minimum atomic E-state index is -0.658. The van der Waals surface area contributed by atoms with E-state index in [-0.39, 0.29) is 5.92 Å². The van der Waals surface area contributed by atoms with Gasteiger partial charge in [-0.25, -0.2) is 0 Å². The molecule has 2 rings (SSSR count). The van der Waals surface area contributed by atoms with Crippen LogP contribution >= 0.6 is 15.9 Å². The fourth-order valence-corrected chi connectivity index (χ4v) is 2.32. The molecule has 0 spiro atoms. The third-order valence-electron chi connectivity index (χ3n) is 2.71. The molecule has 17 heavy (non-hydrogen) atoms. The molecule has 6 nitrogen and oxygen atoms in total. The van der Waals surface area contributed by atoms with E-state index in [0.29, 0.717) is 24.2 Å². The van der Waals surface area contributed by atoms with E-state index in [1.165, 1.54) is 10.6 Å². The maximum absolute atomic E-state index is 11.8. The van der Waals surface area contributed by atoms with Crippen LogP contribution in [-0.4, -0.2) is 22.7 Å². The Labute approximate surface area is 105 Å². The second-order valence-electron chi connectivity index (χ2n) is 3.99. The molecule has 1 aliphatic rings. The van der Waals surface area contributed by atoms with Crippen LogP contribution in [0.25, 0.3) is 0 Å². The Kier molecular flexibility index (Phi) is 3.58. The standard InChI is InChI=1S/C10H11BrN2O4/c11-8-3-9(13(15)16)10(14)12(5-8)4-7-1-2-17-6-7/h3,5,7H,1-2,4,6H2. The smallest absolute Gasteiger partial charge is 0.335 e. The van der Waals surface area contributed by atoms with Crippen molar-refractivity contribution in [2.75, 3.05) is 13.2 Å². The van der Waals surface area contributed by atoms with E-state index in [9.17, 15) is 14.9 Å². The Bertz CT molecular complexity index is 494. The molecule has 0 saturated carbocycles. The summed E-state index contributed by atoms with van der Waals surface area (Å²) in [7, 11) is 0. The summed E-state index contributed by atoms with van der Waals surface area (Å²) in [5.41, 5.74) is -0.969. The zero-order chi connectivity index (χ0) is 12.4. The normalized spacial score (nSPS) is 19.5. The highest BCUT2D eigenvalue weighted by atomic mass is 79.9. The van der Waals surface area contributed by atoms with Crippen molar-refractivity contribution < 1.29 is 9.66 Å². The molecule has 0 amide bonds. The van der Waals surface area contributed by atoms with Crippen molar-refractivity contribution in [2.24, 2.45) is 5.92 Å². The van der Waals surface area contributed by atoms with Gasteiger partial charge in [0.25, 0.3) is 0 Å². The molecule has 7 heteroatoms. The highest BCUT2D eigenvalue weighted by molar-refractivity contribution is 9.10. The second-order valence-corrected chi connectivity index (χ2v) is 4.90. The molecule has 1 saturated heterocycles. The van der Waals surface area contributed by atoms with Gasteiger partial charge in [0.2, 0.25) is 0 Å². The maximum atomic E-state index is 11.8. The highest BCUT2D eigenvalue weighted by Gasteiger charge is 2.20. The Morgan fingerprint density at radius 2 is 2.41 bits per heavy atom. The van der Waals surface area contributed by atoms with Crippen LogP contribution in [0.15, 0.2) is 21.5 Å². The summed E-state index contributed by atoms with van der Waals surface area (Å²) in [6.07, 6.45) is 2.46. The van der Waals surface area contributed by atoms with Gasteiger partial charge in [-0.3, -0.25) is 14.9 Å². The van der Waals surface area contributed by atoms with Gasteiger partial charge in [-0.15, -0.1) is 0 Å². The second kappa shape index (κ2) is 4.97. The average Bonchev–Trinajstić information content (AvgIpc) is 2.75. The van der Waals surface area contributed by atoms with Crippen LogP contribution in [0.3, 0.4) is 0 Å². The summed E-state index contributed by atoms with van der Waals surface area (Å²) in [6.45, 7) is 1.75. The number of nitrogens with zero attached hydrogens (tertiary/aromatic N) is 2. The molecular weight excluding hydrogens is 292 g/mol. The number of aromatic nitrogens is 1. The Hall–Kier alpha value is -1.21. The molecule has 2 heterocycles. The predicted molar refractivity (Wildman–Crippen MR) is 64.0 cm³/mol. The van der Waals surface area contributed by atoms with E-state index in [0.717, 1.165) is 6.42 Å². The lowest BCUT2D eigenvalue weighted by atomic mass is 10.1. The lowest BCUT2D eigenvalue weighted by molar-refractivity contribution is -0.386. The summed E-state index contributed by atoms with van der Waals surface area (Å²) in [4.78, 5) is 21.9. The first kappa shape index (κ1) is 12.3. The molecule has 0 N–H and O–H groups in total.